The molecule has 8 heteroatoms. The summed E-state index contributed by atoms with van der Waals surface area (Å²) in [5.74, 6) is 0.678. The van der Waals surface area contributed by atoms with E-state index in [1.165, 1.54) is 0 Å². The van der Waals surface area contributed by atoms with E-state index in [2.05, 4.69) is 20.7 Å². The minimum atomic E-state index is 0.0419. The largest absolute Gasteiger partial charge is 0.360 e. The number of halogens is 1. The second-order valence-electron chi connectivity index (χ2n) is 5.60. The molecule has 0 aromatic carbocycles. The van der Waals surface area contributed by atoms with E-state index in [9.17, 15) is 4.79 Å². The third-order valence-electron chi connectivity index (χ3n) is 4.05. The van der Waals surface area contributed by atoms with Crippen LogP contribution in [-0.4, -0.2) is 31.9 Å². The number of hydrogen-bond donors (Lipinski definition) is 1. The van der Waals surface area contributed by atoms with Crippen LogP contribution in [0.3, 0.4) is 0 Å². The van der Waals surface area contributed by atoms with Crippen molar-refractivity contribution in [1.82, 2.24) is 25.2 Å². The van der Waals surface area contributed by atoms with Gasteiger partial charge >= 0.3 is 0 Å². The first kappa shape index (κ1) is 15.0. The van der Waals surface area contributed by atoms with Gasteiger partial charge in [-0.15, -0.1) is 10.2 Å². The summed E-state index contributed by atoms with van der Waals surface area (Å²) in [6.07, 6.45) is 8.42. The van der Waals surface area contributed by atoms with Crippen molar-refractivity contribution < 1.29 is 9.32 Å². The molecular formula is C14H18ClN5O2. The first-order chi connectivity index (χ1) is 10.7. The molecule has 0 aliphatic heterocycles. The SMILES string of the molecule is O=C(CCc1cc(Cl)no1)NC1CCC(n2cnnc2)CC1. The van der Waals surface area contributed by atoms with Gasteiger partial charge in [-0.3, -0.25) is 4.79 Å². The quantitative estimate of drug-likeness (QED) is 0.911. The summed E-state index contributed by atoms with van der Waals surface area (Å²) in [7, 11) is 0. The predicted molar refractivity (Wildman–Crippen MR) is 79.3 cm³/mol. The highest BCUT2D eigenvalue weighted by atomic mass is 35.5. The lowest BCUT2D eigenvalue weighted by atomic mass is 9.91. The molecule has 118 valence electrons. The standard InChI is InChI=1S/C14H18ClN5O2/c15-13-7-12(22-19-13)5-6-14(21)18-10-1-3-11(4-2-10)20-8-16-17-9-20/h7-11H,1-6H2,(H,18,21). The first-order valence-electron chi connectivity index (χ1n) is 7.45. The minimum absolute atomic E-state index is 0.0419. The maximum absolute atomic E-state index is 12.0. The summed E-state index contributed by atoms with van der Waals surface area (Å²) >= 11 is 5.67. The summed E-state index contributed by atoms with van der Waals surface area (Å²) < 4.78 is 7.03. The molecule has 0 unspecified atom stereocenters. The van der Waals surface area contributed by atoms with E-state index in [0.717, 1.165) is 25.7 Å². The number of amides is 1. The van der Waals surface area contributed by atoms with Crippen LogP contribution in [0.2, 0.25) is 5.15 Å². The number of hydrogen-bond acceptors (Lipinski definition) is 5. The highest BCUT2D eigenvalue weighted by Crippen LogP contribution is 2.28. The lowest BCUT2D eigenvalue weighted by Gasteiger charge is -2.29. The Balaban J connectivity index is 1.39. The molecule has 1 aliphatic rings. The van der Waals surface area contributed by atoms with Crippen LogP contribution in [0.15, 0.2) is 23.2 Å². The molecule has 3 rings (SSSR count). The predicted octanol–water partition coefficient (Wildman–Crippen LogP) is 2.15. The number of carbonyl (C=O) groups is 1. The van der Waals surface area contributed by atoms with Crippen molar-refractivity contribution in [3.8, 4) is 0 Å². The van der Waals surface area contributed by atoms with Gasteiger partial charge < -0.3 is 14.4 Å². The van der Waals surface area contributed by atoms with E-state index in [1.54, 1.807) is 18.7 Å². The van der Waals surface area contributed by atoms with E-state index in [1.807, 2.05) is 4.57 Å². The zero-order chi connectivity index (χ0) is 15.4. The van der Waals surface area contributed by atoms with Gasteiger partial charge in [0.1, 0.15) is 18.4 Å². The fourth-order valence-corrected chi connectivity index (χ4v) is 3.01. The molecule has 0 saturated heterocycles. The highest BCUT2D eigenvalue weighted by Gasteiger charge is 2.23. The summed E-state index contributed by atoms with van der Waals surface area (Å²) in [4.78, 5) is 12.0. The van der Waals surface area contributed by atoms with E-state index < -0.39 is 0 Å². The summed E-state index contributed by atoms with van der Waals surface area (Å²) in [5.41, 5.74) is 0. The van der Waals surface area contributed by atoms with Gasteiger partial charge in [0.15, 0.2) is 5.15 Å². The van der Waals surface area contributed by atoms with Crippen LogP contribution in [0, 0.1) is 0 Å². The van der Waals surface area contributed by atoms with Crippen LogP contribution in [0.1, 0.15) is 43.9 Å². The van der Waals surface area contributed by atoms with Gasteiger partial charge in [-0.1, -0.05) is 16.8 Å². The van der Waals surface area contributed by atoms with Gasteiger partial charge in [0.05, 0.1) is 0 Å². The Morgan fingerprint density at radius 1 is 1.32 bits per heavy atom. The number of rotatable bonds is 5. The fourth-order valence-electron chi connectivity index (χ4n) is 2.86. The summed E-state index contributed by atoms with van der Waals surface area (Å²) in [5, 5.41) is 14.7. The van der Waals surface area contributed by atoms with Crippen molar-refractivity contribution in [2.45, 2.75) is 50.6 Å². The molecule has 1 saturated carbocycles. The molecule has 0 bridgehead atoms. The average Bonchev–Trinajstić information content (AvgIpc) is 3.17. The van der Waals surface area contributed by atoms with Crippen molar-refractivity contribution in [3.05, 3.63) is 29.6 Å². The lowest BCUT2D eigenvalue weighted by Crippen LogP contribution is -2.38. The maximum Gasteiger partial charge on any atom is 0.220 e. The zero-order valence-corrected chi connectivity index (χ0v) is 12.9. The zero-order valence-electron chi connectivity index (χ0n) is 12.1. The highest BCUT2D eigenvalue weighted by molar-refractivity contribution is 6.29. The van der Waals surface area contributed by atoms with Crippen molar-refractivity contribution in [3.63, 3.8) is 0 Å². The third-order valence-corrected chi connectivity index (χ3v) is 4.23. The maximum atomic E-state index is 12.0. The Morgan fingerprint density at radius 2 is 2.05 bits per heavy atom. The van der Waals surface area contributed by atoms with Crippen LogP contribution >= 0.6 is 11.6 Å². The molecule has 22 heavy (non-hydrogen) atoms. The Bertz CT molecular complexity index is 605. The second-order valence-corrected chi connectivity index (χ2v) is 5.99. The smallest absolute Gasteiger partial charge is 0.220 e. The molecule has 1 aliphatic carbocycles. The van der Waals surface area contributed by atoms with E-state index in [0.29, 0.717) is 29.8 Å². The number of nitrogens with one attached hydrogen (secondary N) is 1. The summed E-state index contributed by atoms with van der Waals surface area (Å²) in [6, 6.07) is 2.33. The molecule has 2 aromatic heterocycles. The molecular weight excluding hydrogens is 306 g/mol. The van der Waals surface area contributed by atoms with Gasteiger partial charge in [0.2, 0.25) is 5.91 Å². The third kappa shape index (κ3) is 3.85. The monoisotopic (exact) mass is 323 g/mol. The topological polar surface area (TPSA) is 85.8 Å². The summed E-state index contributed by atoms with van der Waals surface area (Å²) in [6.45, 7) is 0. The van der Waals surface area contributed by atoms with Gasteiger partial charge in [-0.2, -0.15) is 0 Å². The van der Waals surface area contributed by atoms with Gasteiger partial charge in [-0.25, -0.2) is 0 Å². The molecule has 0 atom stereocenters. The van der Waals surface area contributed by atoms with Crippen LogP contribution in [-0.2, 0) is 11.2 Å². The molecule has 0 radical (unpaired) electrons. The van der Waals surface area contributed by atoms with Crippen molar-refractivity contribution in [2.24, 2.45) is 0 Å². The molecule has 7 nitrogen and oxygen atoms in total. The molecule has 2 aromatic rings. The normalized spacial score (nSPS) is 21.7. The second kappa shape index (κ2) is 6.91. The van der Waals surface area contributed by atoms with Crippen molar-refractivity contribution in [2.75, 3.05) is 0 Å². The van der Waals surface area contributed by atoms with Gasteiger partial charge in [0.25, 0.3) is 0 Å². The van der Waals surface area contributed by atoms with Crippen LogP contribution in [0.4, 0.5) is 0 Å². The van der Waals surface area contributed by atoms with E-state index >= 15 is 0 Å². The van der Waals surface area contributed by atoms with Gasteiger partial charge in [-0.05, 0) is 25.7 Å². The molecule has 1 N–H and O–H groups in total. The van der Waals surface area contributed by atoms with Crippen molar-refractivity contribution >= 4 is 17.5 Å². The number of carbonyl (C=O) groups excluding carboxylic acids is 1. The Hall–Kier alpha value is -1.89. The number of aryl methyl sites for hydroxylation is 1. The number of aromatic nitrogens is 4. The fraction of sp³-hybridized carbons (Fsp3) is 0.571. The minimum Gasteiger partial charge on any atom is -0.360 e. The van der Waals surface area contributed by atoms with E-state index in [4.69, 9.17) is 16.1 Å². The number of nitrogens with zero attached hydrogens (tertiary/aromatic N) is 4. The van der Waals surface area contributed by atoms with E-state index in [-0.39, 0.29) is 11.9 Å². The van der Waals surface area contributed by atoms with Crippen LogP contribution in [0.5, 0.6) is 0 Å². The molecule has 2 heterocycles. The Kier molecular flexibility index (Phi) is 4.72. The molecule has 1 fully saturated rings. The van der Waals surface area contributed by atoms with Crippen LogP contribution in [0.25, 0.3) is 0 Å². The Morgan fingerprint density at radius 3 is 2.68 bits per heavy atom. The van der Waals surface area contributed by atoms with Crippen molar-refractivity contribution in [1.29, 1.82) is 0 Å². The molecule has 0 spiro atoms. The van der Waals surface area contributed by atoms with Gasteiger partial charge in [0, 0.05) is 31.0 Å². The average molecular weight is 324 g/mol. The van der Waals surface area contributed by atoms with Crippen LogP contribution < -0.4 is 5.32 Å². The Labute approximate surface area is 133 Å². The molecule has 1 amide bonds. The first-order valence-corrected chi connectivity index (χ1v) is 7.83. The lowest BCUT2D eigenvalue weighted by molar-refractivity contribution is -0.122.